The molecule has 0 bridgehead atoms. The summed E-state index contributed by atoms with van der Waals surface area (Å²) in [5, 5.41) is 11.8. The fraction of sp³-hybridized carbons (Fsp3) is 0.222. The highest BCUT2D eigenvalue weighted by Crippen LogP contribution is 2.15. The van der Waals surface area contributed by atoms with E-state index in [2.05, 4.69) is 15.3 Å². The maximum Gasteiger partial charge on any atom is 0.326 e. The summed E-state index contributed by atoms with van der Waals surface area (Å²) >= 11 is 0. The standard InChI is InChI=1S/C18H17N3O4/c22-16(11-17-21-13-6-1-2-7-15(13)25-17)20-14(18(23)24)9-8-12-5-3-4-10-19-12/h1-7,10,14H,8-9,11H2,(H,20,22)(H,23,24). The van der Waals surface area contributed by atoms with Crippen LogP contribution in [0.3, 0.4) is 0 Å². The second kappa shape index (κ2) is 7.57. The number of hydrogen-bond acceptors (Lipinski definition) is 5. The summed E-state index contributed by atoms with van der Waals surface area (Å²) in [6.45, 7) is 0. The summed E-state index contributed by atoms with van der Waals surface area (Å²) in [6, 6.07) is 11.6. The zero-order valence-electron chi connectivity index (χ0n) is 13.4. The van der Waals surface area contributed by atoms with E-state index < -0.39 is 17.9 Å². The van der Waals surface area contributed by atoms with Crippen molar-refractivity contribution < 1.29 is 19.1 Å². The van der Waals surface area contributed by atoms with Gasteiger partial charge in [0, 0.05) is 11.9 Å². The zero-order valence-corrected chi connectivity index (χ0v) is 13.4. The molecule has 3 aromatic rings. The van der Waals surface area contributed by atoms with Crippen molar-refractivity contribution in [2.45, 2.75) is 25.3 Å². The average Bonchev–Trinajstić information content (AvgIpc) is 3.01. The summed E-state index contributed by atoms with van der Waals surface area (Å²) < 4.78 is 5.48. The molecule has 0 aliphatic heterocycles. The number of amides is 1. The van der Waals surface area contributed by atoms with E-state index in [1.807, 2.05) is 24.3 Å². The first-order valence-electron chi connectivity index (χ1n) is 7.88. The van der Waals surface area contributed by atoms with Gasteiger partial charge in [-0.3, -0.25) is 9.78 Å². The van der Waals surface area contributed by atoms with Crippen LogP contribution in [0.4, 0.5) is 0 Å². The number of para-hydroxylation sites is 2. The maximum absolute atomic E-state index is 12.1. The smallest absolute Gasteiger partial charge is 0.326 e. The van der Waals surface area contributed by atoms with Crippen LogP contribution in [0.1, 0.15) is 18.0 Å². The van der Waals surface area contributed by atoms with Crippen LogP contribution in [0, 0.1) is 0 Å². The molecule has 0 radical (unpaired) electrons. The van der Waals surface area contributed by atoms with Crippen LogP contribution in [0.25, 0.3) is 11.1 Å². The number of benzene rings is 1. The van der Waals surface area contributed by atoms with Crippen molar-refractivity contribution in [3.05, 3.63) is 60.2 Å². The number of rotatable bonds is 7. The second-order valence-electron chi connectivity index (χ2n) is 5.57. The van der Waals surface area contributed by atoms with Crippen LogP contribution in [-0.4, -0.2) is 33.0 Å². The number of oxazole rings is 1. The average molecular weight is 339 g/mol. The number of hydrogen-bond donors (Lipinski definition) is 2. The Kier molecular flexibility index (Phi) is 5.03. The van der Waals surface area contributed by atoms with Gasteiger partial charge in [0.25, 0.3) is 0 Å². The van der Waals surface area contributed by atoms with E-state index in [-0.39, 0.29) is 18.7 Å². The molecule has 0 spiro atoms. The van der Waals surface area contributed by atoms with Crippen LogP contribution < -0.4 is 5.32 Å². The summed E-state index contributed by atoms with van der Waals surface area (Å²) in [6.07, 6.45) is 2.26. The van der Waals surface area contributed by atoms with E-state index in [4.69, 9.17) is 4.42 Å². The van der Waals surface area contributed by atoms with E-state index >= 15 is 0 Å². The molecule has 0 saturated heterocycles. The lowest BCUT2D eigenvalue weighted by Gasteiger charge is -2.13. The number of nitrogens with one attached hydrogen (secondary N) is 1. The van der Waals surface area contributed by atoms with E-state index in [9.17, 15) is 14.7 Å². The lowest BCUT2D eigenvalue weighted by atomic mass is 10.1. The van der Waals surface area contributed by atoms with E-state index in [1.54, 1.807) is 24.4 Å². The quantitative estimate of drug-likeness (QED) is 0.682. The first-order chi connectivity index (χ1) is 12.1. The summed E-state index contributed by atoms with van der Waals surface area (Å²) in [5.74, 6) is -1.27. The van der Waals surface area contributed by atoms with Gasteiger partial charge in [0.1, 0.15) is 18.0 Å². The molecule has 0 fully saturated rings. The molecule has 2 aromatic heterocycles. The van der Waals surface area contributed by atoms with Gasteiger partial charge in [-0.1, -0.05) is 18.2 Å². The van der Waals surface area contributed by atoms with Gasteiger partial charge in [-0.2, -0.15) is 0 Å². The highest BCUT2D eigenvalue weighted by Gasteiger charge is 2.21. The molecule has 0 saturated carbocycles. The minimum Gasteiger partial charge on any atom is -0.480 e. The van der Waals surface area contributed by atoms with Gasteiger partial charge in [0.05, 0.1) is 0 Å². The number of carboxylic acids is 1. The van der Waals surface area contributed by atoms with Crippen LogP contribution in [0.15, 0.2) is 53.1 Å². The van der Waals surface area contributed by atoms with Crippen LogP contribution in [0.5, 0.6) is 0 Å². The van der Waals surface area contributed by atoms with E-state index in [0.29, 0.717) is 17.5 Å². The normalized spacial score (nSPS) is 12.0. The van der Waals surface area contributed by atoms with Crippen LogP contribution in [0.2, 0.25) is 0 Å². The highest BCUT2D eigenvalue weighted by molar-refractivity contribution is 5.84. The fourth-order valence-corrected chi connectivity index (χ4v) is 2.47. The Hall–Kier alpha value is -3.22. The third kappa shape index (κ3) is 4.41. The molecule has 7 heteroatoms. The Balaban J connectivity index is 1.59. The number of aryl methyl sites for hydroxylation is 1. The highest BCUT2D eigenvalue weighted by atomic mass is 16.4. The third-order valence-corrected chi connectivity index (χ3v) is 3.70. The van der Waals surface area contributed by atoms with Gasteiger partial charge < -0.3 is 14.8 Å². The summed E-state index contributed by atoms with van der Waals surface area (Å²) in [7, 11) is 0. The molecule has 25 heavy (non-hydrogen) atoms. The number of aromatic nitrogens is 2. The molecule has 1 aromatic carbocycles. The minimum atomic E-state index is -1.08. The Morgan fingerprint density at radius 1 is 1.16 bits per heavy atom. The molecule has 0 aliphatic rings. The number of pyridine rings is 1. The molecule has 128 valence electrons. The first kappa shape index (κ1) is 16.6. The third-order valence-electron chi connectivity index (χ3n) is 3.70. The van der Waals surface area contributed by atoms with Gasteiger partial charge in [-0.05, 0) is 37.1 Å². The van der Waals surface area contributed by atoms with Crippen molar-refractivity contribution in [2.75, 3.05) is 0 Å². The molecule has 0 aliphatic carbocycles. The fourth-order valence-electron chi connectivity index (χ4n) is 2.47. The van der Waals surface area contributed by atoms with Gasteiger partial charge >= 0.3 is 5.97 Å². The second-order valence-corrected chi connectivity index (χ2v) is 5.57. The van der Waals surface area contributed by atoms with Crippen LogP contribution >= 0.6 is 0 Å². The van der Waals surface area contributed by atoms with Gasteiger partial charge in [-0.15, -0.1) is 0 Å². The van der Waals surface area contributed by atoms with E-state index in [0.717, 1.165) is 5.69 Å². The molecule has 3 rings (SSSR count). The Morgan fingerprint density at radius 3 is 2.68 bits per heavy atom. The monoisotopic (exact) mass is 339 g/mol. The number of carbonyl (C=O) groups is 2. The molecule has 1 amide bonds. The van der Waals surface area contributed by atoms with Gasteiger partial charge in [0.15, 0.2) is 5.58 Å². The Morgan fingerprint density at radius 2 is 1.96 bits per heavy atom. The topological polar surface area (TPSA) is 105 Å². The Labute approximate surface area is 143 Å². The van der Waals surface area contributed by atoms with Gasteiger partial charge in [0.2, 0.25) is 11.8 Å². The van der Waals surface area contributed by atoms with Crippen molar-refractivity contribution >= 4 is 23.0 Å². The maximum atomic E-state index is 12.1. The van der Waals surface area contributed by atoms with Crippen molar-refractivity contribution in [1.82, 2.24) is 15.3 Å². The number of aliphatic carboxylic acids is 1. The predicted octanol–water partition coefficient (Wildman–Crippen LogP) is 1.97. The summed E-state index contributed by atoms with van der Waals surface area (Å²) in [4.78, 5) is 31.9. The zero-order chi connectivity index (χ0) is 17.6. The number of nitrogens with zero attached hydrogens (tertiary/aromatic N) is 2. The largest absolute Gasteiger partial charge is 0.480 e. The molecular weight excluding hydrogens is 322 g/mol. The molecular formula is C18H17N3O4. The number of fused-ring (bicyclic) bond motifs is 1. The van der Waals surface area contributed by atoms with Crippen molar-refractivity contribution in [1.29, 1.82) is 0 Å². The van der Waals surface area contributed by atoms with E-state index in [1.165, 1.54) is 0 Å². The lowest BCUT2D eigenvalue weighted by molar-refractivity contribution is -0.142. The molecule has 7 nitrogen and oxygen atoms in total. The summed E-state index contributed by atoms with van der Waals surface area (Å²) in [5.41, 5.74) is 2.03. The Bertz CT molecular complexity index is 843. The molecule has 2 heterocycles. The van der Waals surface area contributed by atoms with Crippen LogP contribution in [-0.2, 0) is 22.4 Å². The minimum absolute atomic E-state index is 0.109. The lowest BCUT2D eigenvalue weighted by Crippen LogP contribution is -2.41. The molecule has 2 N–H and O–H groups in total. The SMILES string of the molecule is O=C(Cc1nc2ccccc2o1)NC(CCc1ccccn1)C(=O)O. The predicted molar refractivity (Wildman–Crippen MR) is 89.8 cm³/mol. The van der Waals surface area contributed by atoms with Crippen molar-refractivity contribution in [3.8, 4) is 0 Å². The number of carboxylic acid groups (broad SMARTS) is 1. The van der Waals surface area contributed by atoms with Gasteiger partial charge in [-0.25, -0.2) is 9.78 Å². The van der Waals surface area contributed by atoms with Crippen molar-refractivity contribution in [2.24, 2.45) is 0 Å². The molecule has 1 atom stereocenters. The first-order valence-corrected chi connectivity index (χ1v) is 7.88. The van der Waals surface area contributed by atoms with Crippen molar-refractivity contribution in [3.63, 3.8) is 0 Å². The number of carbonyl (C=O) groups excluding carboxylic acids is 1. The molecule has 1 unspecified atom stereocenters.